The van der Waals surface area contributed by atoms with E-state index in [9.17, 15) is 4.79 Å². The third kappa shape index (κ3) is 2.55. The number of benzene rings is 2. The second-order valence-electron chi connectivity index (χ2n) is 6.43. The zero-order chi connectivity index (χ0) is 18.9. The number of ether oxygens (including phenoxy) is 2. The Morgan fingerprint density at radius 1 is 1.12 bits per heavy atom. The molecule has 1 aliphatic rings. The van der Waals surface area contributed by atoms with Crippen LogP contribution in [-0.2, 0) is 9.53 Å². The van der Waals surface area contributed by atoms with Gasteiger partial charge in [0, 0.05) is 18.4 Å². The lowest BCUT2D eigenvalue weighted by Crippen LogP contribution is -2.70. The molecule has 1 amide bonds. The van der Waals surface area contributed by atoms with Crippen LogP contribution in [0.1, 0.15) is 24.1 Å². The van der Waals surface area contributed by atoms with E-state index in [-0.39, 0.29) is 11.9 Å². The molecule has 1 fully saturated rings. The van der Waals surface area contributed by atoms with Gasteiger partial charge in [-0.2, -0.15) is 0 Å². The maximum atomic E-state index is 13.2. The van der Waals surface area contributed by atoms with E-state index in [2.05, 4.69) is 12.3 Å². The fraction of sp³-hybridized carbons (Fsp3) is 0.273. The Hall–Kier alpha value is -2.81. The number of hydrogen-bond acceptors (Lipinski definition) is 3. The van der Waals surface area contributed by atoms with Crippen molar-refractivity contribution in [3.63, 3.8) is 0 Å². The Morgan fingerprint density at radius 3 is 2.23 bits per heavy atom. The summed E-state index contributed by atoms with van der Waals surface area (Å²) in [5.41, 5.74) is 5.42. The molecule has 0 spiro atoms. The Balaban J connectivity index is 2.12. The molecule has 2 atom stereocenters. The molecule has 0 aliphatic carbocycles. The quantitative estimate of drug-likeness (QED) is 0.600. The number of anilines is 1. The highest BCUT2D eigenvalue weighted by Gasteiger charge is 2.63. The van der Waals surface area contributed by atoms with Gasteiger partial charge >= 0.3 is 0 Å². The topological polar surface area (TPSA) is 38.8 Å². The number of β-lactam (4-membered cyclic amide) rings is 1. The second-order valence-corrected chi connectivity index (χ2v) is 6.43. The van der Waals surface area contributed by atoms with Gasteiger partial charge in [-0.1, -0.05) is 36.4 Å². The highest BCUT2D eigenvalue weighted by molar-refractivity contribution is 6.10. The van der Waals surface area contributed by atoms with Gasteiger partial charge in [-0.15, -0.1) is 5.73 Å². The van der Waals surface area contributed by atoms with E-state index in [1.165, 1.54) is 0 Å². The smallest absolute Gasteiger partial charge is 0.267 e. The monoisotopic (exact) mass is 349 g/mol. The molecule has 1 aliphatic heterocycles. The average molecular weight is 349 g/mol. The Morgan fingerprint density at radius 2 is 1.73 bits per heavy atom. The lowest BCUT2D eigenvalue weighted by Gasteiger charge is -2.55. The summed E-state index contributed by atoms with van der Waals surface area (Å²) in [4.78, 5) is 15.0. The van der Waals surface area contributed by atoms with Gasteiger partial charge in [0.1, 0.15) is 11.8 Å². The van der Waals surface area contributed by atoms with Gasteiger partial charge in [0.2, 0.25) is 0 Å². The standard InChI is InChI=1S/C22H23NO3/c1-6-16(3)22(26-5)20(17-9-7-15(2)8-10-17)23(21(22)24)18-11-13-19(25-4)14-12-18/h7-14,20H,1H2,2-5H3/t20-,22+/m1/s1. The number of carbonyl (C=O) groups excluding carboxylic acids is 1. The normalized spacial score (nSPS) is 21.8. The van der Waals surface area contributed by atoms with Crippen LogP contribution in [0.25, 0.3) is 0 Å². The number of rotatable bonds is 5. The SMILES string of the molecule is C=C=C(C)[C@@]1(OC)C(=O)N(c2ccc(OC)cc2)[C@@H]1c1ccc(C)cc1. The number of aryl methyl sites for hydroxylation is 1. The van der Waals surface area contributed by atoms with Gasteiger partial charge in [-0.3, -0.25) is 9.69 Å². The van der Waals surface area contributed by atoms with E-state index in [1.807, 2.05) is 62.4 Å². The van der Waals surface area contributed by atoms with Crippen molar-refractivity contribution in [2.75, 3.05) is 19.1 Å². The summed E-state index contributed by atoms with van der Waals surface area (Å²) in [5.74, 6) is 0.623. The van der Waals surface area contributed by atoms with Crippen molar-refractivity contribution in [2.24, 2.45) is 0 Å². The Kier molecular flexibility index (Phi) is 4.73. The van der Waals surface area contributed by atoms with Crippen LogP contribution in [0, 0.1) is 6.92 Å². The van der Waals surface area contributed by atoms with Crippen molar-refractivity contribution >= 4 is 11.6 Å². The first kappa shape index (κ1) is 18.0. The van der Waals surface area contributed by atoms with Gasteiger partial charge in [-0.25, -0.2) is 0 Å². The molecule has 0 saturated carbocycles. The molecule has 0 radical (unpaired) electrons. The van der Waals surface area contributed by atoms with E-state index < -0.39 is 5.60 Å². The summed E-state index contributed by atoms with van der Waals surface area (Å²) in [6.45, 7) is 7.60. The third-order valence-corrected chi connectivity index (χ3v) is 5.07. The molecular formula is C22H23NO3. The van der Waals surface area contributed by atoms with Gasteiger partial charge < -0.3 is 9.47 Å². The molecule has 134 valence electrons. The van der Waals surface area contributed by atoms with Crippen molar-refractivity contribution in [3.8, 4) is 5.75 Å². The molecule has 0 bridgehead atoms. The van der Waals surface area contributed by atoms with E-state index >= 15 is 0 Å². The van der Waals surface area contributed by atoms with Gasteiger partial charge in [0.15, 0.2) is 5.60 Å². The first-order valence-corrected chi connectivity index (χ1v) is 8.46. The molecule has 0 unspecified atom stereocenters. The molecule has 2 aromatic rings. The van der Waals surface area contributed by atoms with Crippen molar-refractivity contribution in [2.45, 2.75) is 25.5 Å². The minimum absolute atomic E-state index is 0.121. The highest BCUT2D eigenvalue weighted by Crippen LogP contribution is 2.51. The van der Waals surface area contributed by atoms with Crippen LogP contribution in [0.4, 0.5) is 5.69 Å². The van der Waals surface area contributed by atoms with Gasteiger partial charge in [-0.05, 0) is 43.7 Å². The zero-order valence-corrected chi connectivity index (χ0v) is 15.6. The molecule has 26 heavy (non-hydrogen) atoms. The predicted molar refractivity (Wildman–Crippen MR) is 102 cm³/mol. The predicted octanol–water partition coefficient (Wildman–Crippen LogP) is 4.21. The van der Waals surface area contributed by atoms with Crippen LogP contribution < -0.4 is 9.64 Å². The van der Waals surface area contributed by atoms with Crippen LogP contribution in [0.5, 0.6) is 5.75 Å². The number of carbonyl (C=O) groups is 1. The van der Waals surface area contributed by atoms with E-state index in [0.717, 1.165) is 22.6 Å². The summed E-state index contributed by atoms with van der Waals surface area (Å²) in [6, 6.07) is 15.3. The highest BCUT2D eigenvalue weighted by atomic mass is 16.5. The molecular weight excluding hydrogens is 326 g/mol. The average Bonchev–Trinajstić information content (AvgIpc) is 2.68. The number of methoxy groups -OCH3 is 2. The van der Waals surface area contributed by atoms with E-state index in [0.29, 0.717) is 5.57 Å². The first-order valence-electron chi connectivity index (χ1n) is 8.46. The molecule has 4 heteroatoms. The number of nitrogens with zero attached hydrogens (tertiary/aromatic N) is 1. The third-order valence-electron chi connectivity index (χ3n) is 5.07. The molecule has 4 nitrogen and oxygen atoms in total. The molecule has 3 rings (SSSR count). The van der Waals surface area contributed by atoms with Crippen LogP contribution in [0.15, 0.2) is 66.4 Å². The summed E-state index contributed by atoms with van der Waals surface area (Å²) in [6.07, 6.45) is 0. The first-order chi connectivity index (χ1) is 12.5. The van der Waals surface area contributed by atoms with Gasteiger partial charge in [0.25, 0.3) is 5.91 Å². The summed E-state index contributed by atoms with van der Waals surface area (Å²) < 4.78 is 11.0. The molecule has 0 aromatic heterocycles. The van der Waals surface area contributed by atoms with Crippen LogP contribution in [0.3, 0.4) is 0 Å². The fourth-order valence-electron chi connectivity index (χ4n) is 3.52. The van der Waals surface area contributed by atoms with E-state index in [1.54, 1.807) is 19.1 Å². The van der Waals surface area contributed by atoms with Crippen molar-refractivity contribution in [1.29, 1.82) is 0 Å². The largest absolute Gasteiger partial charge is 0.497 e. The summed E-state index contributed by atoms with van der Waals surface area (Å²) in [7, 11) is 3.18. The Labute approximate surface area is 154 Å². The molecule has 1 saturated heterocycles. The zero-order valence-electron chi connectivity index (χ0n) is 15.6. The number of hydrogen-bond donors (Lipinski definition) is 0. The molecule has 2 aromatic carbocycles. The maximum absolute atomic E-state index is 13.2. The second kappa shape index (κ2) is 6.83. The van der Waals surface area contributed by atoms with Crippen LogP contribution in [-0.4, -0.2) is 25.7 Å². The summed E-state index contributed by atoms with van der Waals surface area (Å²) in [5, 5.41) is 0. The summed E-state index contributed by atoms with van der Waals surface area (Å²) >= 11 is 0. The Bertz CT molecular complexity index is 863. The minimum Gasteiger partial charge on any atom is -0.497 e. The molecule has 1 heterocycles. The molecule has 0 N–H and O–H groups in total. The van der Waals surface area contributed by atoms with Crippen LogP contribution >= 0.6 is 0 Å². The van der Waals surface area contributed by atoms with Crippen molar-refractivity contribution in [1.82, 2.24) is 0 Å². The lowest BCUT2D eigenvalue weighted by molar-refractivity contribution is -0.152. The van der Waals surface area contributed by atoms with E-state index in [4.69, 9.17) is 9.47 Å². The van der Waals surface area contributed by atoms with Crippen molar-refractivity contribution < 1.29 is 14.3 Å². The fourth-order valence-corrected chi connectivity index (χ4v) is 3.52. The van der Waals surface area contributed by atoms with Gasteiger partial charge in [0.05, 0.1) is 7.11 Å². The minimum atomic E-state index is -1.09. The lowest BCUT2D eigenvalue weighted by atomic mass is 9.73. The van der Waals surface area contributed by atoms with Crippen molar-refractivity contribution in [3.05, 3.63) is 77.5 Å². The van der Waals surface area contributed by atoms with Crippen LogP contribution in [0.2, 0.25) is 0 Å². The maximum Gasteiger partial charge on any atom is 0.267 e. The number of amides is 1.